The van der Waals surface area contributed by atoms with E-state index in [1.807, 2.05) is 6.92 Å². The standard InChI is InChI=1S/C24H39N3O7/c1-6-7-8-11-25-21(31)20(17-9-10-19(30)16(2)14-17)27(12-13-28)22(32)18(15-29)26-23(33)34-24(3,4)5/h9-10,14,18,20,28-30H,6-8,11-13,15H2,1-5H3,(H,25,31)(H,26,33). The van der Waals surface area contributed by atoms with Gasteiger partial charge in [0.05, 0.1) is 13.2 Å². The lowest BCUT2D eigenvalue weighted by molar-refractivity contribution is -0.143. The number of carbonyl (C=O) groups excluding carboxylic acids is 3. The van der Waals surface area contributed by atoms with Gasteiger partial charge in [0.15, 0.2) is 0 Å². The summed E-state index contributed by atoms with van der Waals surface area (Å²) in [6, 6.07) is 1.97. The molecule has 0 saturated carbocycles. The maximum Gasteiger partial charge on any atom is 0.408 e. The second kappa shape index (κ2) is 13.8. The summed E-state index contributed by atoms with van der Waals surface area (Å²) in [6.45, 7) is 7.67. The van der Waals surface area contributed by atoms with E-state index in [0.717, 1.165) is 24.2 Å². The Morgan fingerprint density at radius 1 is 1.15 bits per heavy atom. The summed E-state index contributed by atoms with van der Waals surface area (Å²) >= 11 is 0. The Balaban J connectivity index is 3.29. The zero-order valence-corrected chi connectivity index (χ0v) is 20.8. The van der Waals surface area contributed by atoms with Gasteiger partial charge in [-0.05, 0) is 57.4 Å². The van der Waals surface area contributed by atoms with Gasteiger partial charge >= 0.3 is 6.09 Å². The van der Waals surface area contributed by atoms with Crippen LogP contribution in [-0.2, 0) is 14.3 Å². The Bertz CT molecular complexity index is 823. The van der Waals surface area contributed by atoms with Crippen LogP contribution in [-0.4, -0.2) is 76.1 Å². The molecule has 0 aliphatic heterocycles. The molecule has 0 heterocycles. The Kier molecular flexibility index (Phi) is 11.8. The smallest absolute Gasteiger partial charge is 0.408 e. The third-order valence-electron chi connectivity index (χ3n) is 4.97. The number of amides is 3. The molecule has 0 fully saturated rings. The number of hydrogen-bond donors (Lipinski definition) is 5. The third kappa shape index (κ3) is 9.18. The molecule has 0 aromatic heterocycles. The van der Waals surface area contributed by atoms with Crippen LogP contribution in [0, 0.1) is 6.92 Å². The first kappa shape index (κ1) is 29.2. The monoisotopic (exact) mass is 481 g/mol. The van der Waals surface area contributed by atoms with Crippen LogP contribution >= 0.6 is 0 Å². The van der Waals surface area contributed by atoms with Gasteiger partial charge < -0.3 is 35.6 Å². The van der Waals surface area contributed by atoms with E-state index < -0.39 is 48.8 Å². The SMILES string of the molecule is CCCCCNC(=O)C(c1ccc(O)c(C)c1)N(CCO)C(=O)C(CO)NC(=O)OC(C)(C)C. The summed E-state index contributed by atoms with van der Waals surface area (Å²) < 4.78 is 5.17. The molecule has 0 saturated heterocycles. The number of nitrogens with one attached hydrogen (secondary N) is 2. The lowest BCUT2D eigenvalue weighted by Gasteiger charge is -2.33. The Hall–Kier alpha value is -2.85. The van der Waals surface area contributed by atoms with E-state index in [0.29, 0.717) is 17.7 Å². The molecule has 0 spiro atoms. The largest absolute Gasteiger partial charge is 0.508 e. The number of unbranched alkanes of at least 4 members (excludes halogenated alkanes) is 2. The highest BCUT2D eigenvalue weighted by atomic mass is 16.6. The Labute approximate surface area is 201 Å². The van der Waals surface area contributed by atoms with Crippen LogP contribution < -0.4 is 10.6 Å². The first-order valence-corrected chi connectivity index (χ1v) is 11.5. The summed E-state index contributed by atoms with van der Waals surface area (Å²) in [5.74, 6) is -1.20. The van der Waals surface area contributed by atoms with Crippen molar-refractivity contribution in [3.63, 3.8) is 0 Å². The molecule has 2 unspecified atom stereocenters. The van der Waals surface area contributed by atoms with Crippen molar-refractivity contribution in [1.29, 1.82) is 0 Å². The number of hydrogen-bond acceptors (Lipinski definition) is 7. The minimum atomic E-state index is -1.39. The van der Waals surface area contributed by atoms with E-state index in [1.54, 1.807) is 33.8 Å². The second-order valence-electron chi connectivity index (χ2n) is 9.08. The summed E-state index contributed by atoms with van der Waals surface area (Å²) in [7, 11) is 0. The van der Waals surface area contributed by atoms with E-state index in [1.165, 1.54) is 12.1 Å². The van der Waals surface area contributed by atoms with Gasteiger partial charge in [-0.2, -0.15) is 0 Å². The molecule has 0 aliphatic carbocycles. The van der Waals surface area contributed by atoms with Crippen molar-refractivity contribution < 1.29 is 34.4 Å². The molecule has 3 amide bonds. The Morgan fingerprint density at radius 3 is 2.35 bits per heavy atom. The molecular formula is C24H39N3O7. The predicted molar refractivity (Wildman–Crippen MR) is 127 cm³/mol. The van der Waals surface area contributed by atoms with E-state index >= 15 is 0 Å². The number of nitrogens with zero attached hydrogens (tertiary/aromatic N) is 1. The zero-order chi connectivity index (χ0) is 25.9. The highest BCUT2D eigenvalue weighted by Gasteiger charge is 2.36. The van der Waals surface area contributed by atoms with Crippen molar-refractivity contribution in [2.45, 2.75) is 71.6 Å². The summed E-state index contributed by atoms with van der Waals surface area (Å²) in [6.07, 6.45) is 1.76. The number of phenolic OH excluding ortho intramolecular Hbond substituents is 1. The van der Waals surface area contributed by atoms with Crippen molar-refractivity contribution in [2.24, 2.45) is 0 Å². The number of aliphatic hydroxyl groups excluding tert-OH is 2. The van der Waals surface area contributed by atoms with E-state index in [4.69, 9.17) is 4.74 Å². The summed E-state index contributed by atoms with van der Waals surface area (Å²) in [5.41, 5.74) is 0.102. The lowest BCUT2D eigenvalue weighted by Crippen LogP contribution is -2.55. The molecule has 1 aromatic rings. The molecule has 192 valence electrons. The molecular weight excluding hydrogens is 442 g/mol. The number of aromatic hydroxyl groups is 1. The number of aliphatic hydroxyl groups is 2. The van der Waals surface area contributed by atoms with Gasteiger partial charge in [0.25, 0.3) is 0 Å². The maximum absolute atomic E-state index is 13.4. The van der Waals surface area contributed by atoms with E-state index in [2.05, 4.69) is 10.6 Å². The van der Waals surface area contributed by atoms with Crippen molar-refractivity contribution in [2.75, 3.05) is 26.3 Å². The Morgan fingerprint density at radius 2 is 1.82 bits per heavy atom. The molecule has 10 heteroatoms. The molecule has 34 heavy (non-hydrogen) atoms. The minimum Gasteiger partial charge on any atom is -0.508 e. The highest BCUT2D eigenvalue weighted by Crippen LogP contribution is 2.27. The third-order valence-corrected chi connectivity index (χ3v) is 4.97. The van der Waals surface area contributed by atoms with Crippen molar-refractivity contribution in [1.82, 2.24) is 15.5 Å². The van der Waals surface area contributed by atoms with Crippen LogP contribution in [0.3, 0.4) is 0 Å². The number of alkyl carbamates (subject to hydrolysis) is 1. The second-order valence-corrected chi connectivity index (χ2v) is 9.08. The molecule has 1 aromatic carbocycles. The number of rotatable bonds is 12. The van der Waals surface area contributed by atoms with Crippen LogP contribution in [0.15, 0.2) is 18.2 Å². The van der Waals surface area contributed by atoms with Crippen LogP contribution in [0.1, 0.15) is 64.1 Å². The topological polar surface area (TPSA) is 148 Å². The molecule has 5 N–H and O–H groups in total. The quantitative estimate of drug-likeness (QED) is 0.286. The zero-order valence-electron chi connectivity index (χ0n) is 20.8. The fourth-order valence-electron chi connectivity index (χ4n) is 3.31. The highest BCUT2D eigenvalue weighted by molar-refractivity contribution is 5.92. The number of ether oxygens (including phenoxy) is 1. The number of carbonyl (C=O) groups is 3. The summed E-state index contributed by atoms with van der Waals surface area (Å²) in [4.78, 5) is 39.9. The van der Waals surface area contributed by atoms with Gasteiger partial charge in [0.2, 0.25) is 11.8 Å². The first-order chi connectivity index (χ1) is 15.9. The molecule has 10 nitrogen and oxygen atoms in total. The predicted octanol–water partition coefficient (Wildman–Crippen LogP) is 1.75. The normalized spacial score (nSPS) is 13.0. The van der Waals surface area contributed by atoms with Crippen LogP contribution in [0.5, 0.6) is 5.75 Å². The van der Waals surface area contributed by atoms with Crippen molar-refractivity contribution >= 4 is 17.9 Å². The molecule has 0 aliphatic rings. The van der Waals surface area contributed by atoms with Gasteiger partial charge in [-0.25, -0.2) is 4.79 Å². The van der Waals surface area contributed by atoms with E-state index in [-0.39, 0.29) is 12.3 Å². The maximum atomic E-state index is 13.4. The van der Waals surface area contributed by atoms with Crippen LogP contribution in [0.4, 0.5) is 4.79 Å². The average molecular weight is 482 g/mol. The number of benzene rings is 1. The lowest BCUT2D eigenvalue weighted by atomic mass is 10.00. The minimum absolute atomic E-state index is 0.0331. The van der Waals surface area contributed by atoms with Crippen LogP contribution in [0.25, 0.3) is 0 Å². The van der Waals surface area contributed by atoms with Crippen LogP contribution in [0.2, 0.25) is 0 Å². The molecule has 2 atom stereocenters. The van der Waals surface area contributed by atoms with Gasteiger partial charge in [0, 0.05) is 13.1 Å². The van der Waals surface area contributed by atoms with Gasteiger partial charge in [-0.15, -0.1) is 0 Å². The van der Waals surface area contributed by atoms with E-state index in [9.17, 15) is 29.7 Å². The molecule has 0 bridgehead atoms. The number of phenols is 1. The number of aryl methyl sites for hydroxylation is 1. The summed E-state index contributed by atoms with van der Waals surface area (Å²) in [5, 5.41) is 34.5. The van der Waals surface area contributed by atoms with Crippen molar-refractivity contribution in [3.8, 4) is 5.75 Å². The van der Waals surface area contributed by atoms with Gasteiger partial charge in [-0.3, -0.25) is 9.59 Å². The van der Waals surface area contributed by atoms with Gasteiger partial charge in [-0.1, -0.05) is 25.8 Å². The average Bonchev–Trinajstić information content (AvgIpc) is 2.75. The fourth-order valence-corrected chi connectivity index (χ4v) is 3.31. The van der Waals surface area contributed by atoms with Crippen molar-refractivity contribution in [3.05, 3.63) is 29.3 Å². The van der Waals surface area contributed by atoms with Gasteiger partial charge in [0.1, 0.15) is 23.4 Å². The molecule has 1 rings (SSSR count). The fraction of sp³-hybridized carbons (Fsp3) is 0.625. The first-order valence-electron chi connectivity index (χ1n) is 11.5. The molecule has 0 radical (unpaired) electrons.